The van der Waals surface area contributed by atoms with E-state index in [0.717, 1.165) is 13.7 Å². The highest BCUT2D eigenvalue weighted by atomic mass is 16.6. The number of fused-ring (bicyclic) bond motifs is 2. The minimum Gasteiger partial charge on any atom is -0.449 e. The molecule has 5 rings (SSSR count). The summed E-state index contributed by atoms with van der Waals surface area (Å²) in [5, 5.41) is 2.91. The van der Waals surface area contributed by atoms with Gasteiger partial charge in [-0.25, -0.2) is 19.2 Å². The van der Waals surface area contributed by atoms with E-state index in [-0.39, 0.29) is 47.0 Å². The molecule has 0 saturated carbocycles. The molecule has 1 N–H and O–H groups in total. The van der Waals surface area contributed by atoms with Crippen LogP contribution in [0.1, 0.15) is 57.8 Å². The first-order valence-electron chi connectivity index (χ1n) is 15.9. The maximum Gasteiger partial charge on any atom is 0.422 e. The maximum absolute atomic E-state index is 14.1. The molecule has 1 amide bonds. The number of ketones is 1. The van der Waals surface area contributed by atoms with Gasteiger partial charge < -0.3 is 19.7 Å². The zero-order valence-corrected chi connectivity index (χ0v) is 28.7. The van der Waals surface area contributed by atoms with Crippen LogP contribution in [-0.2, 0) is 36.7 Å². The fraction of sp³-hybridized carbons (Fsp3) is 0.485. The first kappa shape index (κ1) is 34.7. The van der Waals surface area contributed by atoms with Gasteiger partial charge in [0.2, 0.25) is 5.95 Å². The zero-order valence-electron chi connectivity index (χ0n) is 28.7. The fourth-order valence-corrected chi connectivity index (χ4v) is 6.03. The average Bonchev–Trinajstić information content (AvgIpc) is 3.55. The number of benzene rings is 1. The van der Waals surface area contributed by atoms with E-state index < -0.39 is 47.1 Å². The summed E-state index contributed by atoms with van der Waals surface area (Å²) in [4.78, 5) is 86.2. The van der Waals surface area contributed by atoms with Crippen molar-refractivity contribution in [2.75, 3.05) is 24.6 Å². The van der Waals surface area contributed by atoms with Crippen LogP contribution in [0.5, 0.6) is 0 Å². The molecule has 1 fully saturated rings. The number of nitrogens with zero attached hydrogens (tertiary/aromatic N) is 7. The number of para-hydroxylation sites is 1. The number of amides is 1. The molecule has 16 heteroatoms. The number of aryl methyl sites for hydroxylation is 2. The van der Waals surface area contributed by atoms with Gasteiger partial charge in [0.25, 0.3) is 5.56 Å². The van der Waals surface area contributed by atoms with E-state index in [2.05, 4.69) is 17.2 Å². The summed E-state index contributed by atoms with van der Waals surface area (Å²) in [5.74, 6) is 5.56. The van der Waals surface area contributed by atoms with Crippen molar-refractivity contribution in [1.82, 2.24) is 33.1 Å². The molecule has 0 bridgehead atoms. The highest BCUT2D eigenvalue weighted by Crippen LogP contribution is 2.24. The van der Waals surface area contributed by atoms with Crippen LogP contribution in [-0.4, -0.2) is 77.1 Å². The Morgan fingerprint density at radius 1 is 1.04 bits per heavy atom. The summed E-state index contributed by atoms with van der Waals surface area (Å²) in [6.45, 7) is 9.04. The first-order chi connectivity index (χ1) is 23.2. The zero-order chi connectivity index (χ0) is 35.8. The molecule has 1 atom stereocenters. The Bertz CT molecular complexity index is 2220. The fourth-order valence-electron chi connectivity index (χ4n) is 6.03. The average molecular weight is 677 g/mol. The minimum absolute atomic E-state index is 0.0390. The van der Waals surface area contributed by atoms with Crippen LogP contribution in [0.25, 0.3) is 22.2 Å². The van der Waals surface area contributed by atoms with Crippen LogP contribution in [0.15, 0.2) is 32.6 Å². The normalized spacial score (nSPS) is 14.8. The molecule has 0 aliphatic carbocycles. The van der Waals surface area contributed by atoms with Gasteiger partial charge in [0.1, 0.15) is 5.60 Å². The number of carbonyl (C=O) groups excluding carboxylic acids is 3. The van der Waals surface area contributed by atoms with Crippen LogP contribution < -0.4 is 27.2 Å². The van der Waals surface area contributed by atoms with Gasteiger partial charge in [0.15, 0.2) is 16.9 Å². The lowest BCUT2D eigenvalue weighted by Crippen LogP contribution is -2.49. The summed E-state index contributed by atoms with van der Waals surface area (Å²) in [5.41, 5.74) is -2.34. The van der Waals surface area contributed by atoms with Crippen molar-refractivity contribution >= 4 is 46.1 Å². The Morgan fingerprint density at radius 3 is 2.45 bits per heavy atom. The predicted molar refractivity (Wildman–Crippen MR) is 181 cm³/mol. The summed E-state index contributed by atoms with van der Waals surface area (Å²) in [7, 11) is 2.88. The van der Waals surface area contributed by atoms with Gasteiger partial charge in [-0.2, -0.15) is 9.55 Å². The van der Waals surface area contributed by atoms with Crippen LogP contribution in [0.4, 0.5) is 15.5 Å². The maximum atomic E-state index is 14.1. The number of imidazole rings is 2. The Labute approximate surface area is 280 Å². The lowest BCUT2D eigenvalue weighted by atomic mass is 10.1. The van der Waals surface area contributed by atoms with Gasteiger partial charge in [-0.1, -0.05) is 12.0 Å². The van der Waals surface area contributed by atoms with E-state index >= 15 is 0 Å². The van der Waals surface area contributed by atoms with E-state index in [1.807, 2.05) is 4.90 Å². The molecule has 4 aromatic rings. The number of hydrogen-bond donors (Lipinski definition) is 1. The second-order valence-corrected chi connectivity index (χ2v) is 12.7. The molecule has 1 aromatic carbocycles. The van der Waals surface area contributed by atoms with E-state index in [0.29, 0.717) is 31.9 Å². The summed E-state index contributed by atoms with van der Waals surface area (Å²) >= 11 is 0. The number of anilines is 1. The molecule has 3 aromatic heterocycles. The van der Waals surface area contributed by atoms with Crippen molar-refractivity contribution in [3.63, 3.8) is 0 Å². The molecule has 1 saturated heterocycles. The molecule has 260 valence electrons. The molecule has 0 spiro atoms. The molecular formula is C33H40N8O8. The Hall–Kier alpha value is -5.59. The highest BCUT2D eigenvalue weighted by molar-refractivity contribution is 6.07. The standard InChI is InChI=1S/C33H40N8O8/c1-8-10-17-39-25-26(35-28(39)38-16-12-13-20(18-38)34-29(44)49-33(3,4)5)37(7)30(45)40(27(25)43)19-23(42)21-14-11-15-22-24(21)36(6)31(46)41(22)32(47)48-9-2/h11,14-15,20H,9,12-13,16-19H2,1-7H3,(H,34,44). The molecule has 1 unspecified atom stereocenters. The third kappa shape index (κ3) is 6.60. The summed E-state index contributed by atoms with van der Waals surface area (Å²) < 4.78 is 16.1. The molecular weight excluding hydrogens is 636 g/mol. The van der Waals surface area contributed by atoms with Crippen molar-refractivity contribution < 1.29 is 23.9 Å². The molecule has 1 aliphatic heterocycles. The van der Waals surface area contributed by atoms with Gasteiger partial charge in [0.05, 0.1) is 30.7 Å². The van der Waals surface area contributed by atoms with Gasteiger partial charge in [-0.05, 0) is 59.6 Å². The molecule has 4 heterocycles. The second kappa shape index (κ2) is 13.5. The number of Topliss-reactive ketones (excluding diaryl/α,β-unsaturated/α-hetero) is 1. The minimum atomic E-state index is -0.891. The van der Waals surface area contributed by atoms with Gasteiger partial charge in [0, 0.05) is 38.8 Å². The third-order valence-corrected chi connectivity index (χ3v) is 8.17. The smallest absolute Gasteiger partial charge is 0.422 e. The SMILES string of the molecule is CC#CCn1c(N2CCCC(NC(=O)OC(C)(C)C)C2)nc2c1c(=O)n(CC(=O)c1cccc3c1n(C)c(=O)n3C(=O)OCC)c(=O)n2C. The van der Waals surface area contributed by atoms with E-state index in [1.54, 1.807) is 39.2 Å². The van der Waals surface area contributed by atoms with Gasteiger partial charge in [-0.3, -0.25) is 27.9 Å². The number of nitrogens with one attached hydrogen (secondary N) is 1. The van der Waals surface area contributed by atoms with E-state index in [1.165, 1.54) is 36.9 Å². The Kier molecular flexibility index (Phi) is 9.57. The van der Waals surface area contributed by atoms with Gasteiger partial charge in [-0.15, -0.1) is 5.92 Å². The van der Waals surface area contributed by atoms with Crippen LogP contribution in [0.2, 0.25) is 0 Å². The quantitative estimate of drug-likeness (QED) is 0.225. The number of aromatic nitrogens is 6. The second-order valence-electron chi connectivity index (χ2n) is 12.7. The van der Waals surface area contributed by atoms with Crippen molar-refractivity contribution in [3.8, 4) is 11.8 Å². The largest absolute Gasteiger partial charge is 0.449 e. The summed E-state index contributed by atoms with van der Waals surface area (Å²) in [6.07, 6.45) is -0.00199. The predicted octanol–water partition coefficient (Wildman–Crippen LogP) is 1.95. The van der Waals surface area contributed by atoms with Crippen molar-refractivity contribution in [1.29, 1.82) is 0 Å². The lowest BCUT2D eigenvalue weighted by Gasteiger charge is -2.34. The number of ether oxygens (including phenoxy) is 2. The topological polar surface area (TPSA) is 174 Å². The highest BCUT2D eigenvalue weighted by Gasteiger charge is 2.30. The summed E-state index contributed by atoms with van der Waals surface area (Å²) in [6, 6.07) is 4.21. The number of hydrogen-bond acceptors (Lipinski definition) is 10. The van der Waals surface area contributed by atoms with E-state index in [4.69, 9.17) is 14.5 Å². The molecule has 0 radical (unpaired) electrons. The van der Waals surface area contributed by atoms with Crippen LogP contribution in [0.3, 0.4) is 0 Å². The Balaban J connectivity index is 1.56. The molecule has 16 nitrogen and oxygen atoms in total. The number of carbonyl (C=O) groups is 3. The van der Waals surface area contributed by atoms with Crippen molar-refractivity contribution in [3.05, 3.63) is 55.1 Å². The monoisotopic (exact) mass is 676 g/mol. The number of alkyl carbamates (subject to hydrolysis) is 1. The van der Waals surface area contributed by atoms with Crippen LogP contribution in [0, 0.1) is 11.8 Å². The van der Waals surface area contributed by atoms with Crippen molar-refractivity contribution in [2.45, 2.75) is 72.2 Å². The van der Waals surface area contributed by atoms with Crippen LogP contribution >= 0.6 is 0 Å². The van der Waals surface area contributed by atoms with Crippen molar-refractivity contribution in [2.24, 2.45) is 14.1 Å². The molecule has 1 aliphatic rings. The Morgan fingerprint density at radius 2 is 1.78 bits per heavy atom. The first-order valence-corrected chi connectivity index (χ1v) is 15.9. The third-order valence-electron chi connectivity index (χ3n) is 8.17. The van der Waals surface area contributed by atoms with E-state index in [9.17, 15) is 28.8 Å². The lowest BCUT2D eigenvalue weighted by molar-refractivity contribution is 0.0499. The number of rotatable bonds is 7. The molecule has 49 heavy (non-hydrogen) atoms. The number of piperidine rings is 1. The van der Waals surface area contributed by atoms with Gasteiger partial charge >= 0.3 is 23.6 Å².